The molecule has 0 fully saturated rings. The van der Waals surface area contributed by atoms with Crippen molar-refractivity contribution in [2.75, 3.05) is 26.3 Å². The van der Waals surface area contributed by atoms with Crippen LogP contribution in [0.1, 0.15) is 31.1 Å². The molecule has 1 amide bonds. The van der Waals surface area contributed by atoms with Crippen molar-refractivity contribution in [3.8, 4) is 0 Å². The van der Waals surface area contributed by atoms with Crippen molar-refractivity contribution in [2.24, 2.45) is 4.99 Å². The van der Waals surface area contributed by atoms with Gasteiger partial charge in [0.2, 0.25) is 10.0 Å². The zero-order chi connectivity index (χ0) is 24.2. The highest BCUT2D eigenvalue weighted by Gasteiger charge is 2.21. The number of halogens is 2. The summed E-state index contributed by atoms with van der Waals surface area (Å²) in [7, 11) is -3.60. The second kappa shape index (κ2) is 11.1. The summed E-state index contributed by atoms with van der Waals surface area (Å²) in [6, 6.07) is 9.24. The Morgan fingerprint density at radius 3 is 2.39 bits per heavy atom. The van der Waals surface area contributed by atoms with Gasteiger partial charge in [-0.2, -0.15) is 9.30 Å². The summed E-state index contributed by atoms with van der Waals surface area (Å²) in [6.07, 6.45) is 0. The van der Waals surface area contributed by atoms with Crippen LogP contribution < -0.4 is 4.80 Å². The number of hydrogen-bond donors (Lipinski definition) is 0. The van der Waals surface area contributed by atoms with Crippen LogP contribution in [-0.4, -0.2) is 49.5 Å². The van der Waals surface area contributed by atoms with E-state index in [0.29, 0.717) is 47.7 Å². The topological polar surface area (TPSA) is 81.0 Å². The first kappa shape index (κ1) is 25.9. The Hall–Kier alpha value is -1.75. The molecule has 0 spiro atoms. The monoisotopic (exact) mass is 529 g/mol. The number of sulfonamides is 1. The Morgan fingerprint density at radius 2 is 1.79 bits per heavy atom. The smallest absolute Gasteiger partial charge is 0.279 e. The molecule has 0 bridgehead atoms. The van der Waals surface area contributed by atoms with Crippen molar-refractivity contribution >= 4 is 60.7 Å². The van der Waals surface area contributed by atoms with Gasteiger partial charge in [-0.05, 0) is 43.3 Å². The van der Waals surface area contributed by atoms with Gasteiger partial charge in [-0.3, -0.25) is 4.79 Å². The Kier molecular flexibility index (Phi) is 8.71. The molecule has 3 aromatic rings. The van der Waals surface area contributed by atoms with E-state index in [1.165, 1.54) is 39.9 Å². The zero-order valence-electron chi connectivity index (χ0n) is 18.5. The molecule has 0 saturated carbocycles. The Morgan fingerprint density at radius 1 is 1.12 bits per heavy atom. The lowest BCUT2D eigenvalue weighted by Gasteiger charge is -2.18. The lowest BCUT2D eigenvalue weighted by molar-refractivity contribution is 0.0996. The van der Waals surface area contributed by atoms with Gasteiger partial charge in [0.05, 0.1) is 26.7 Å². The lowest BCUT2D eigenvalue weighted by atomic mass is 10.2. The fourth-order valence-electron chi connectivity index (χ4n) is 3.36. The van der Waals surface area contributed by atoms with Crippen LogP contribution in [0, 0.1) is 0 Å². The van der Waals surface area contributed by atoms with Crippen LogP contribution in [0.5, 0.6) is 0 Å². The summed E-state index contributed by atoms with van der Waals surface area (Å²) >= 11 is 13.9. The van der Waals surface area contributed by atoms with Crippen LogP contribution in [-0.2, 0) is 21.3 Å². The van der Waals surface area contributed by atoms with Crippen LogP contribution in [0.4, 0.5) is 0 Å². The number of thiazole rings is 1. The van der Waals surface area contributed by atoms with E-state index in [1.54, 1.807) is 26.0 Å². The number of aromatic nitrogens is 1. The number of benzene rings is 2. The van der Waals surface area contributed by atoms with E-state index in [4.69, 9.17) is 27.9 Å². The fourth-order valence-corrected chi connectivity index (χ4v) is 6.65. The van der Waals surface area contributed by atoms with Crippen molar-refractivity contribution in [3.05, 3.63) is 56.8 Å². The molecule has 0 unspecified atom stereocenters. The van der Waals surface area contributed by atoms with Gasteiger partial charge in [-0.1, -0.05) is 48.4 Å². The maximum absolute atomic E-state index is 12.9. The molecule has 7 nitrogen and oxygen atoms in total. The van der Waals surface area contributed by atoms with Crippen LogP contribution in [0.3, 0.4) is 0 Å². The molecule has 33 heavy (non-hydrogen) atoms. The first-order chi connectivity index (χ1) is 15.7. The van der Waals surface area contributed by atoms with Gasteiger partial charge in [0.1, 0.15) is 0 Å². The summed E-state index contributed by atoms with van der Waals surface area (Å²) in [5.41, 5.74) is 1.02. The summed E-state index contributed by atoms with van der Waals surface area (Å²) in [5, 5.41) is 0.957. The molecule has 0 aliphatic carbocycles. The summed E-state index contributed by atoms with van der Waals surface area (Å²) in [5.74, 6) is -0.485. The van der Waals surface area contributed by atoms with Crippen molar-refractivity contribution in [1.29, 1.82) is 0 Å². The largest absolute Gasteiger partial charge is 0.380 e. The molecule has 0 atom stereocenters. The van der Waals surface area contributed by atoms with E-state index in [-0.39, 0.29) is 10.5 Å². The molecular weight excluding hydrogens is 505 g/mol. The highest BCUT2D eigenvalue weighted by atomic mass is 35.5. The summed E-state index contributed by atoms with van der Waals surface area (Å²) in [6.45, 7) is 7.66. The molecule has 178 valence electrons. The standard InChI is InChI=1S/C22H25Cl2N3O4S2/c1-4-26(5-2)33(29,30)17-9-7-15(8-10-17)21(28)25-22-27(11-12-31-6-3)20-18(24)13-16(23)14-19(20)32-22/h7-10,13-14H,4-6,11-12H2,1-3H3. The minimum Gasteiger partial charge on any atom is -0.380 e. The van der Waals surface area contributed by atoms with Gasteiger partial charge in [0.15, 0.2) is 4.80 Å². The fraction of sp³-hybridized carbons (Fsp3) is 0.364. The molecule has 0 aliphatic rings. The highest BCUT2D eigenvalue weighted by Crippen LogP contribution is 2.29. The van der Waals surface area contributed by atoms with E-state index in [1.807, 2.05) is 11.5 Å². The number of amides is 1. The Balaban J connectivity index is 2.00. The predicted molar refractivity (Wildman–Crippen MR) is 133 cm³/mol. The third kappa shape index (κ3) is 5.67. The van der Waals surface area contributed by atoms with Crippen LogP contribution >= 0.6 is 34.5 Å². The van der Waals surface area contributed by atoms with Crippen molar-refractivity contribution in [2.45, 2.75) is 32.2 Å². The number of carbonyl (C=O) groups is 1. The number of ether oxygens (including phenoxy) is 1. The van der Waals surface area contributed by atoms with Crippen molar-refractivity contribution in [1.82, 2.24) is 8.87 Å². The van der Waals surface area contributed by atoms with Gasteiger partial charge >= 0.3 is 0 Å². The first-order valence-corrected chi connectivity index (χ1v) is 13.5. The van der Waals surface area contributed by atoms with E-state index in [9.17, 15) is 13.2 Å². The van der Waals surface area contributed by atoms with Crippen LogP contribution in [0.25, 0.3) is 10.2 Å². The Labute approximate surface area is 207 Å². The highest BCUT2D eigenvalue weighted by molar-refractivity contribution is 7.89. The lowest BCUT2D eigenvalue weighted by Crippen LogP contribution is -2.30. The summed E-state index contributed by atoms with van der Waals surface area (Å²) in [4.78, 5) is 17.8. The van der Waals surface area contributed by atoms with Crippen LogP contribution in [0.15, 0.2) is 46.3 Å². The first-order valence-electron chi connectivity index (χ1n) is 10.5. The maximum atomic E-state index is 12.9. The molecule has 0 radical (unpaired) electrons. The van der Waals surface area contributed by atoms with Crippen molar-refractivity contribution < 1.29 is 17.9 Å². The Bertz CT molecular complexity index is 1310. The molecule has 0 N–H and O–H groups in total. The second-order valence-corrected chi connectivity index (χ2v) is 10.8. The average molecular weight is 530 g/mol. The average Bonchev–Trinajstić information content (AvgIpc) is 3.11. The number of fused-ring (bicyclic) bond motifs is 1. The van der Waals surface area contributed by atoms with Gasteiger partial charge in [-0.25, -0.2) is 8.42 Å². The molecule has 11 heteroatoms. The van der Waals surface area contributed by atoms with Gasteiger partial charge in [0, 0.05) is 36.8 Å². The van der Waals surface area contributed by atoms with Gasteiger partial charge < -0.3 is 9.30 Å². The predicted octanol–water partition coefficient (Wildman–Crippen LogP) is 4.82. The molecule has 2 aromatic carbocycles. The number of hydrogen-bond acceptors (Lipinski definition) is 5. The summed E-state index contributed by atoms with van der Waals surface area (Å²) < 4.78 is 34.8. The minimum absolute atomic E-state index is 0.137. The normalized spacial score (nSPS) is 12.7. The van der Waals surface area contributed by atoms with Crippen molar-refractivity contribution in [3.63, 3.8) is 0 Å². The van der Waals surface area contributed by atoms with E-state index < -0.39 is 15.9 Å². The SMILES string of the molecule is CCOCCn1c(=NC(=O)c2ccc(S(=O)(=O)N(CC)CC)cc2)sc2cc(Cl)cc(Cl)c21. The molecule has 1 heterocycles. The number of rotatable bonds is 9. The molecule has 3 rings (SSSR count). The van der Waals surface area contributed by atoms with Gasteiger partial charge in [0.25, 0.3) is 5.91 Å². The maximum Gasteiger partial charge on any atom is 0.279 e. The number of carbonyl (C=O) groups excluding carboxylic acids is 1. The zero-order valence-corrected chi connectivity index (χ0v) is 21.7. The third-order valence-corrected chi connectivity index (χ3v) is 8.60. The third-order valence-electron chi connectivity index (χ3n) is 5.00. The van der Waals surface area contributed by atoms with E-state index >= 15 is 0 Å². The van der Waals surface area contributed by atoms with Gasteiger partial charge in [-0.15, -0.1) is 0 Å². The molecule has 1 aromatic heterocycles. The van der Waals surface area contributed by atoms with Crippen LogP contribution in [0.2, 0.25) is 10.0 Å². The van der Waals surface area contributed by atoms with E-state index in [2.05, 4.69) is 4.99 Å². The minimum atomic E-state index is -3.60. The molecular formula is C22H25Cl2N3O4S2. The molecule has 0 saturated heterocycles. The number of nitrogens with zero attached hydrogens (tertiary/aromatic N) is 3. The second-order valence-electron chi connectivity index (χ2n) is 7.00. The quantitative estimate of drug-likeness (QED) is 0.372. The molecule has 0 aliphatic heterocycles. The van der Waals surface area contributed by atoms with E-state index in [0.717, 1.165) is 10.2 Å².